The Hall–Kier alpha value is -0.480. The molecule has 0 saturated carbocycles. The van der Waals surface area contributed by atoms with E-state index in [2.05, 4.69) is 0 Å². The van der Waals surface area contributed by atoms with Gasteiger partial charge in [-0.2, -0.15) is 0 Å². The highest BCUT2D eigenvalue weighted by atomic mass is 32.2. The third kappa shape index (κ3) is 2.06. The number of carbonyl (C=O) groups excluding carboxylic acids is 1. The predicted octanol–water partition coefficient (Wildman–Crippen LogP) is 1.49. The number of esters is 1. The van der Waals surface area contributed by atoms with Gasteiger partial charge in [0.2, 0.25) is 0 Å². The van der Waals surface area contributed by atoms with Crippen molar-refractivity contribution >= 4 is 17.7 Å². The monoisotopic (exact) mass is 201 g/mol. The molecule has 0 aromatic heterocycles. The Kier molecular flexibility index (Phi) is 3.39. The van der Waals surface area contributed by atoms with Crippen molar-refractivity contribution in [2.75, 3.05) is 6.61 Å². The summed E-state index contributed by atoms with van der Waals surface area (Å²) in [7, 11) is 0. The van der Waals surface area contributed by atoms with Crippen molar-refractivity contribution in [1.29, 1.82) is 0 Å². The molecule has 0 radical (unpaired) electrons. The van der Waals surface area contributed by atoms with Crippen LogP contribution in [0.3, 0.4) is 0 Å². The molecule has 0 amide bonds. The summed E-state index contributed by atoms with van der Waals surface area (Å²) in [6.07, 6.45) is 0. The van der Waals surface area contributed by atoms with E-state index >= 15 is 0 Å². The van der Waals surface area contributed by atoms with Crippen molar-refractivity contribution in [3.63, 3.8) is 0 Å². The molecule has 0 spiro atoms. The second-order valence-electron chi connectivity index (χ2n) is 3.05. The second-order valence-corrected chi connectivity index (χ2v) is 4.44. The molecule has 2 atom stereocenters. The summed E-state index contributed by atoms with van der Waals surface area (Å²) in [4.78, 5) is 12.6. The minimum Gasteiger partial charge on any atom is -0.465 e. The maximum absolute atomic E-state index is 11.5. The van der Waals surface area contributed by atoms with Crippen molar-refractivity contribution < 1.29 is 9.53 Å². The van der Waals surface area contributed by atoms with Gasteiger partial charge in [0.05, 0.1) is 12.0 Å². The van der Waals surface area contributed by atoms with E-state index in [1.807, 2.05) is 13.8 Å². The van der Waals surface area contributed by atoms with Crippen LogP contribution in [-0.4, -0.2) is 18.0 Å². The summed E-state index contributed by atoms with van der Waals surface area (Å²) in [6, 6.07) is 0. The summed E-state index contributed by atoms with van der Waals surface area (Å²) in [6.45, 7) is 6.15. The average molecular weight is 201 g/mol. The highest BCUT2D eigenvalue weighted by Crippen LogP contribution is 2.39. The van der Waals surface area contributed by atoms with Crippen molar-refractivity contribution in [2.45, 2.75) is 26.1 Å². The van der Waals surface area contributed by atoms with Crippen molar-refractivity contribution in [2.24, 2.45) is 11.7 Å². The van der Waals surface area contributed by atoms with E-state index in [-0.39, 0.29) is 17.3 Å². The lowest BCUT2D eigenvalue weighted by Gasteiger charge is -2.14. The molecule has 2 N–H and O–H groups in total. The molecule has 74 valence electrons. The van der Waals surface area contributed by atoms with Crippen LogP contribution in [0, 0.1) is 5.92 Å². The Morgan fingerprint density at radius 2 is 2.23 bits per heavy atom. The Bertz CT molecular complexity index is 250. The lowest BCUT2D eigenvalue weighted by Crippen LogP contribution is -2.31. The van der Waals surface area contributed by atoms with Gasteiger partial charge in [-0.3, -0.25) is 4.79 Å². The van der Waals surface area contributed by atoms with Gasteiger partial charge < -0.3 is 10.5 Å². The second kappa shape index (κ2) is 4.15. The summed E-state index contributed by atoms with van der Waals surface area (Å²) in [5.41, 5.74) is 6.86. The third-order valence-electron chi connectivity index (χ3n) is 2.20. The first kappa shape index (κ1) is 10.6. The maximum Gasteiger partial charge on any atom is 0.315 e. The van der Waals surface area contributed by atoms with Gasteiger partial charge in [-0.05, 0) is 31.2 Å². The van der Waals surface area contributed by atoms with Gasteiger partial charge in [-0.25, -0.2) is 0 Å². The molecule has 0 aliphatic carbocycles. The first-order valence-electron chi connectivity index (χ1n) is 4.34. The number of ether oxygens (including phenoxy) is 1. The molecule has 0 aromatic rings. The molecule has 1 aliphatic rings. The Morgan fingerprint density at radius 1 is 1.62 bits per heavy atom. The van der Waals surface area contributed by atoms with Crippen LogP contribution in [-0.2, 0) is 9.53 Å². The molecule has 0 bridgehead atoms. The topological polar surface area (TPSA) is 52.3 Å². The first-order valence-corrected chi connectivity index (χ1v) is 5.22. The average Bonchev–Trinajstić information content (AvgIpc) is 2.27. The summed E-state index contributed by atoms with van der Waals surface area (Å²) >= 11 is 1.55. The van der Waals surface area contributed by atoms with E-state index < -0.39 is 0 Å². The summed E-state index contributed by atoms with van der Waals surface area (Å²) < 4.78 is 4.95. The summed E-state index contributed by atoms with van der Waals surface area (Å²) in [5, 5.41) is -0.168. The number of hydrogen-bond donors (Lipinski definition) is 1. The van der Waals surface area contributed by atoms with Crippen LogP contribution in [0.15, 0.2) is 10.5 Å². The highest BCUT2D eigenvalue weighted by molar-refractivity contribution is 8.03. The normalized spacial score (nSPS) is 28.0. The van der Waals surface area contributed by atoms with Crippen LogP contribution >= 0.6 is 11.8 Å². The number of hydrogen-bond acceptors (Lipinski definition) is 4. The molecule has 4 heteroatoms. The number of thioether (sulfide) groups is 1. The van der Waals surface area contributed by atoms with Gasteiger partial charge in [0.15, 0.2) is 0 Å². The third-order valence-corrected chi connectivity index (χ3v) is 3.42. The summed E-state index contributed by atoms with van der Waals surface area (Å²) in [5.74, 6) is -0.443. The van der Waals surface area contributed by atoms with E-state index in [1.54, 1.807) is 18.7 Å². The molecule has 3 nitrogen and oxygen atoms in total. The van der Waals surface area contributed by atoms with Crippen LogP contribution < -0.4 is 5.73 Å². The fourth-order valence-corrected chi connectivity index (χ4v) is 2.55. The zero-order valence-electron chi connectivity index (χ0n) is 8.16. The Morgan fingerprint density at radius 3 is 2.62 bits per heavy atom. The van der Waals surface area contributed by atoms with Crippen molar-refractivity contribution in [3.05, 3.63) is 10.5 Å². The molecule has 13 heavy (non-hydrogen) atoms. The molecule has 1 heterocycles. The molecular formula is C9H15NO2S. The van der Waals surface area contributed by atoms with E-state index in [0.717, 1.165) is 10.5 Å². The maximum atomic E-state index is 11.5. The zero-order chi connectivity index (χ0) is 10.0. The number of nitrogens with two attached hydrogens (primary N) is 1. The highest BCUT2D eigenvalue weighted by Gasteiger charge is 2.35. The van der Waals surface area contributed by atoms with E-state index in [1.165, 1.54) is 0 Å². The lowest BCUT2D eigenvalue weighted by atomic mass is 10.0. The van der Waals surface area contributed by atoms with Gasteiger partial charge in [-0.15, -0.1) is 11.8 Å². The lowest BCUT2D eigenvalue weighted by molar-refractivity contribution is -0.146. The minimum atomic E-state index is -0.245. The predicted molar refractivity (Wildman–Crippen MR) is 54.1 cm³/mol. The largest absolute Gasteiger partial charge is 0.465 e. The Balaban J connectivity index is 2.74. The van der Waals surface area contributed by atoms with E-state index in [0.29, 0.717) is 6.61 Å². The van der Waals surface area contributed by atoms with Crippen LogP contribution in [0.5, 0.6) is 0 Å². The molecule has 0 aromatic carbocycles. The van der Waals surface area contributed by atoms with Crippen LogP contribution in [0.25, 0.3) is 0 Å². The van der Waals surface area contributed by atoms with Crippen LogP contribution in [0.4, 0.5) is 0 Å². The number of allylic oxidation sites excluding steroid dienone is 1. The van der Waals surface area contributed by atoms with Crippen LogP contribution in [0.1, 0.15) is 20.8 Å². The standard InChI is InChI=1S/C9H15NO2S/c1-4-12-9(11)7-5(2)6(3)13-8(7)10/h7-8H,4,10H2,1-3H3. The van der Waals surface area contributed by atoms with E-state index in [9.17, 15) is 4.79 Å². The van der Waals surface area contributed by atoms with Gasteiger partial charge in [-0.1, -0.05) is 0 Å². The zero-order valence-corrected chi connectivity index (χ0v) is 8.98. The smallest absolute Gasteiger partial charge is 0.315 e. The molecule has 0 fully saturated rings. The fraction of sp³-hybridized carbons (Fsp3) is 0.667. The minimum absolute atomic E-state index is 0.168. The number of carbonyl (C=O) groups is 1. The first-order chi connectivity index (χ1) is 6.07. The molecule has 2 unspecified atom stereocenters. The van der Waals surface area contributed by atoms with Crippen LogP contribution in [0.2, 0.25) is 0 Å². The van der Waals surface area contributed by atoms with Gasteiger partial charge in [0.25, 0.3) is 0 Å². The SMILES string of the molecule is CCOC(=O)C1C(C)=C(C)SC1N. The quantitative estimate of drug-likeness (QED) is 0.688. The molecular weight excluding hydrogens is 186 g/mol. The van der Waals surface area contributed by atoms with Gasteiger partial charge >= 0.3 is 5.97 Å². The van der Waals surface area contributed by atoms with Gasteiger partial charge in [0.1, 0.15) is 5.92 Å². The molecule has 1 rings (SSSR count). The van der Waals surface area contributed by atoms with E-state index in [4.69, 9.17) is 10.5 Å². The fourth-order valence-electron chi connectivity index (χ4n) is 1.37. The Labute approximate surface area is 82.7 Å². The number of rotatable bonds is 2. The van der Waals surface area contributed by atoms with Gasteiger partial charge in [0, 0.05) is 0 Å². The van der Waals surface area contributed by atoms with Crippen molar-refractivity contribution in [3.8, 4) is 0 Å². The molecule has 1 aliphatic heterocycles. The molecule has 0 saturated heterocycles. The van der Waals surface area contributed by atoms with Crippen molar-refractivity contribution in [1.82, 2.24) is 0 Å².